The highest BCUT2D eigenvalue weighted by Gasteiger charge is 2.26. The number of ether oxygens (including phenoxy) is 1. The fraction of sp³-hybridized carbons (Fsp3) is 0.214. The van der Waals surface area contributed by atoms with Crippen LogP contribution in [0.25, 0.3) is 16.9 Å². The third-order valence-electron chi connectivity index (χ3n) is 6.29. The third-order valence-corrected chi connectivity index (χ3v) is 6.29. The van der Waals surface area contributed by atoms with E-state index in [2.05, 4.69) is 17.0 Å². The molecule has 3 aromatic carbocycles. The number of hydrogen-bond donors (Lipinski definition) is 0. The second-order valence-corrected chi connectivity index (χ2v) is 8.59. The molecule has 0 unspecified atom stereocenters. The van der Waals surface area contributed by atoms with E-state index in [1.54, 1.807) is 30.0 Å². The van der Waals surface area contributed by atoms with Gasteiger partial charge in [-0.15, -0.1) is 0 Å². The number of amides is 1. The van der Waals surface area contributed by atoms with Crippen molar-refractivity contribution in [1.82, 2.24) is 19.6 Å². The molecule has 7 heteroatoms. The van der Waals surface area contributed by atoms with E-state index in [-0.39, 0.29) is 11.7 Å². The molecule has 2 heterocycles. The Morgan fingerprint density at radius 2 is 1.60 bits per heavy atom. The van der Waals surface area contributed by atoms with Crippen molar-refractivity contribution in [2.45, 2.75) is 6.54 Å². The van der Waals surface area contributed by atoms with Crippen LogP contribution in [0.4, 0.5) is 4.39 Å². The van der Waals surface area contributed by atoms with Crippen LogP contribution in [0.5, 0.6) is 5.75 Å². The number of piperazine rings is 1. The minimum Gasteiger partial charge on any atom is -0.497 e. The number of rotatable bonds is 6. The number of benzene rings is 3. The zero-order valence-electron chi connectivity index (χ0n) is 19.6. The van der Waals surface area contributed by atoms with E-state index < -0.39 is 0 Å². The van der Waals surface area contributed by atoms with Gasteiger partial charge >= 0.3 is 0 Å². The summed E-state index contributed by atoms with van der Waals surface area (Å²) in [5, 5.41) is 4.72. The van der Waals surface area contributed by atoms with Crippen molar-refractivity contribution < 1.29 is 13.9 Å². The van der Waals surface area contributed by atoms with Crippen molar-refractivity contribution in [2.24, 2.45) is 0 Å². The fourth-order valence-electron chi connectivity index (χ4n) is 4.33. The molecular formula is C28H27FN4O2. The molecule has 0 spiro atoms. The average molecular weight is 471 g/mol. The van der Waals surface area contributed by atoms with Crippen LogP contribution in [0, 0.1) is 5.82 Å². The zero-order valence-corrected chi connectivity index (χ0v) is 19.6. The normalized spacial score (nSPS) is 14.2. The van der Waals surface area contributed by atoms with Crippen molar-refractivity contribution in [3.8, 4) is 22.7 Å². The highest BCUT2D eigenvalue weighted by Crippen LogP contribution is 2.25. The van der Waals surface area contributed by atoms with Gasteiger partial charge in [0, 0.05) is 38.3 Å². The van der Waals surface area contributed by atoms with Crippen LogP contribution >= 0.6 is 0 Å². The molecule has 0 bridgehead atoms. The first-order valence-electron chi connectivity index (χ1n) is 11.7. The molecule has 1 amide bonds. The van der Waals surface area contributed by atoms with Crippen molar-refractivity contribution in [3.05, 3.63) is 102 Å². The number of hydrogen-bond acceptors (Lipinski definition) is 4. The summed E-state index contributed by atoms with van der Waals surface area (Å²) in [6.45, 7) is 3.78. The van der Waals surface area contributed by atoms with Crippen LogP contribution in [0.1, 0.15) is 16.1 Å². The molecule has 0 saturated carbocycles. The molecule has 0 atom stereocenters. The Balaban J connectivity index is 1.39. The summed E-state index contributed by atoms with van der Waals surface area (Å²) in [6, 6.07) is 25.7. The molecule has 35 heavy (non-hydrogen) atoms. The number of halogens is 1. The summed E-state index contributed by atoms with van der Waals surface area (Å²) in [6.07, 6.45) is 0. The molecule has 1 aliphatic rings. The molecule has 1 fully saturated rings. The number of carbonyl (C=O) groups excluding carboxylic acids is 1. The molecule has 1 aromatic heterocycles. The van der Waals surface area contributed by atoms with Gasteiger partial charge in [-0.2, -0.15) is 5.10 Å². The van der Waals surface area contributed by atoms with Gasteiger partial charge in [0.15, 0.2) is 0 Å². The smallest absolute Gasteiger partial charge is 0.272 e. The minimum absolute atomic E-state index is 0.0685. The van der Waals surface area contributed by atoms with Gasteiger partial charge in [0.2, 0.25) is 0 Å². The largest absolute Gasteiger partial charge is 0.497 e. The van der Waals surface area contributed by atoms with Gasteiger partial charge in [-0.3, -0.25) is 9.69 Å². The van der Waals surface area contributed by atoms with Crippen molar-refractivity contribution >= 4 is 5.91 Å². The Morgan fingerprint density at radius 1 is 0.914 bits per heavy atom. The van der Waals surface area contributed by atoms with Gasteiger partial charge in [0.05, 0.1) is 18.5 Å². The highest BCUT2D eigenvalue weighted by molar-refractivity contribution is 5.94. The maximum Gasteiger partial charge on any atom is 0.272 e. The molecule has 6 nitrogen and oxygen atoms in total. The van der Waals surface area contributed by atoms with Gasteiger partial charge in [-0.25, -0.2) is 9.07 Å². The van der Waals surface area contributed by atoms with Gasteiger partial charge in [0.1, 0.15) is 17.3 Å². The van der Waals surface area contributed by atoms with Crippen molar-refractivity contribution in [2.75, 3.05) is 33.3 Å². The van der Waals surface area contributed by atoms with E-state index in [1.807, 2.05) is 47.4 Å². The molecule has 0 aliphatic carbocycles. The van der Waals surface area contributed by atoms with Crippen LogP contribution in [-0.4, -0.2) is 58.8 Å². The van der Waals surface area contributed by atoms with E-state index in [0.29, 0.717) is 24.5 Å². The first-order chi connectivity index (χ1) is 17.1. The molecule has 1 saturated heterocycles. The van der Waals surface area contributed by atoms with Crippen LogP contribution in [0.2, 0.25) is 0 Å². The lowest BCUT2D eigenvalue weighted by atomic mass is 10.1. The van der Waals surface area contributed by atoms with E-state index in [1.165, 1.54) is 17.7 Å². The summed E-state index contributed by atoms with van der Waals surface area (Å²) >= 11 is 0. The number of aromatic nitrogens is 2. The van der Waals surface area contributed by atoms with Crippen LogP contribution < -0.4 is 4.74 Å². The van der Waals surface area contributed by atoms with E-state index in [9.17, 15) is 9.18 Å². The van der Waals surface area contributed by atoms with Crippen molar-refractivity contribution in [3.63, 3.8) is 0 Å². The summed E-state index contributed by atoms with van der Waals surface area (Å²) in [5.41, 5.74) is 3.87. The molecular weight excluding hydrogens is 443 g/mol. The first-order valence-corrected chi connectivity index (χ1v) is 11.7. The topological polar surface area (TPSA) is 50.6 Å². The van der Waals surface area contributed by atoms with Gasteiger partial charge in [-0.1, -0.05) is 30.3 Å². The van der Waals surface area contributed by atoms with E-state index in [0.717, 1.165) is 36.6 Å². The summed E-state index contributed by atoms with van der Waals surface area (Å²) in [4.78, 5) is 17.9. The molecule has 1 aliphatic heterocycles. The lowest BCUT2D eigenvalue weighted by Crippen LogP contribution is -2.48. The number of carbonyl (C=O) groups is 1. The van der Waals surface area contributed by atoms with E-state index >= 15 is 0 Å². The monoisotopic (exact) mass is 470 g/mol. The van der Waals surface area contributed by atoms with Crippen LogP contribution in [0.15, 0.2) is 84.9 Å². The summed E-state index contributed by atoms with van der Waals surface area (Å²) < 4.78 is 20.4. The Kier molecular flexibility index (Phi) is 6.59. The number of methoxy groups -OCH3 is 1. The predicted molar refractivity (Wildman–Crippen MR) is 133 cm³/mol. The highest BCUT2D eigenvalue weighted by atomic mass is 19.1. The Hall–Kier alpha value is -3.97. The average Bonchev–Trinajstić information content (AvgIpc) is 3.35. The maximum absolute atomic E-state index is 13.6. The van der Waals surface area contributed by atoms with Crippen molar-refractivity contribution in [1.29, 1.82) is 0 Å². The lowest BCUT2D eigenvalue weighted by molar-refractivity contribution is 0.0619. The zero-order chi connectivity index (χ0) is 24.2. The number of nitrogens with zero attached hydrogens (tertiary/aromatic N) is 4. The Labute approximate surface area is 204 Å². The van der Waals surface area contributed by atoms with Crippen LogP contribution in [0.3, 0.4) is 0 Å². The molecule has 178 valence electrons. The molecule has 4 aromatic rings. The minimum atomic E-state index is -0.312. The Morgan fingerprint density at radius 3 is 2.26 bits per heavy atom. The SMILES string of the molecule is COc1ccc(-n2nc(-c3ccc(F)cc3)cc2C(=O)N2CCN(Cc3ccccc3)CC2)cc1. The lowest BCUT2D eigenvalue weighted by Gasteiger charge is -2.34. The standard InChI is InChI=1S/C28H27FN4O2/c1-35-25-13-11-24(12-14-25)33-27(19-26(30-33)22-7-9-23(29)10-8-22)28(34)32-17-15-31(16-18-32)20-21-5-3-2-4-6-21/h2-14,19H,15-18,20H2,1H3. The maximum atomic E-state index is 13.6. The van der Waals surface area contributed by atoms with Gasteiger partial charge in [-0.05, 0) is 60.2 Å². The first kappa shape index (κ1) is 22.8. The second-order valence-electron chi connectivity index (χ2n) is 8.59. The van der Waals surface area contributed by atoms with Crippen LogP contribution in [-0.2, 0) is 6.54 Å². The van der Waals surface area contributed by atoms with Gasteiger partial charge < -0.3 is 9.64 Å². The fourth-order valence-corrected chi connectivity index (χ4v) is 4.33. The molecule has 0 radical (unpaired) electrons. The predicted octanol–water partition coefficient (Wildman–Crippen LogP) is 4.65. The molecule has 5 rings (SSSR count). The van der Waals surface area contributed by atoms with E-state index in [4.69, 9.17) is 9.84 Å². The van der Waals surface area contributed by atoms with Gasteiger partial charge in [0.25, 0.3) is 5.91 Å². The summed E-state index contributed by atoms with van der Waals surface area (Å²) in [7, 11) is 1.61. The summed E-state index contributed by atoms with van der Waals surface area (Å²) in [5.74, 6) is 0.344. The Bertz CT molecular complexity index is 1280. The molecule has 0 N–H and O–H groups in total. The third kappa shape index (κ3) is 5.10. The second kappa shape index (κ2) is 10.1. The quantitative estimate of drug-likeness (QED) is 0.412.